The molecule has 2 heterocycles. The van der Waals surface area contributed by atoms with Crippen LogP contribution in [0.2, 0.25) is 0 Å². The van der Waals surface area contributed by atoms with Crippen molar-refractivity contribution in [1.29, 1.82) is 0 Å². The summed E-state index contributed by atoms with van der Waals surface area (Å²) in [5.41, 5.74) is 2.03. The molecule has 7 nitrogen and oxygen atoms in total. The molecule has 3 rings (SSSR count). The highest BCUT2D eigenvalue weighted by Gasteiger charge is 2.39. The molecule has 0 spiro atoms. The molecule has 7 heteroatoms. The second-order valence-electron chi connectivity index (χ2n) is 9.52. The van der Waals surface area contributed by atoms with Crippen LogP contribution in [0.15, 0.2) is 29.3 Å². The summed E-state index contributed by atoms with van der Waals surface area (Å²) in [5.74, 6) is 0.896. The van der Waals surface area contributed by atoms with Crippen LogP contribution in [-0.4, -0.2) is 92.5 Å². The first kappa shape index (κ1) is 24.5. The first-order valence-corrected chi connectivity index (χ1v) is 12.2. The Morgan fingerprint density at radius 1 is 1.03 bits per heavy atom. The molecule has 2 fully saturated rings. The minimum Gasteiger partial charge on any atom is -0.357 e. The first-order chi connectivity index (χ1) is 15.4. The van der Waals surface area contributed by atoms with Gasteiger partial charge >= 0.3 is 0 Å². The van der Waals surface area contributed by atoms with Gasteiger partial charge < -0.3 is 20.4 Å². The van der Waals surface area contributed by atoms with E-state index in [9.17, 15) is 4.79 Å². The van der Waals surface area contributed by atoms with E-state index in [1.165, 1.54) is 45.2 Å². The molecule has 0 atom stereocenters. The zero-order valence-corrected chi connectivity index (χ0v) is 20.5. The van der Waals surface area contributed by atoms with Gasteiger partial charge in [-0.3, -0.25) is 9.69 Å². The molecular formula is C25H42N6O. The molecule has 0 aliphatic carbocycles. The van der Waals surface area contributed by atoms with Crippen LogP contribution in [0.5, 0.6) is 0 Å². The van der Waals surface area contributed by atoms with Crippen molar-refractivity contribution in [3.8, 4) is 0 Å². The number of nitrogens with one attached hydrogen (secondary N) is 2. The number of nitrogens with zero attached hydrogens (tertiary/aromatic N) is 4. The van der Waals surface area contributed by atoms with Crippen LogP contribution < -0.4 is 10.6 Å². The number of carbonyl (C=O) groups is 1. The number of hydrogen-bond acceptors (Lipinski definition) is 4. The topological polar surface area (TPSA) is 63.2 Å². The normalized spacial score (nSPS) is 20.1. The van der Waals surface area contributed by atoms with Gasteiger partial charge in [0.05, 0.1) is 6.54 Å². The largest absolute Gasteiger partial charge is 0.357 e. The van der Waals surface area contributed by atoms with E-state index in [0.29, 0.717) is 12.1 Å². The van der Waals surface area contributed by atoms with Crippen molar-refractivity contribution in [3.63, 3.8) is 0 Å². The highest BCUT2D eigenvalue weighted by molar-refractivity contribution is 5.93. The third-order valence-electron chi connectivity index (χ3n) is 6.90. The molecule has 1 amide bonds. The predicted molar refractivity (Wildman–Crippen MR) is 132 cm³/mol. The lowest BCUT2D eigenvalue weighted by atomic mass is 9.84. The number of piperidine rings is 2. The molecule has 32 heavy (non-hydrogen) atoms. The standard InChI is InChI=1S/C25H42N6O/c1-5-26-24(27-19-21-9-11-22(12-10-21)23(32)29(2)3)28-20-25(13-17-30(4)18-14-25)31-15-7-6-8-16-31/h9-12H,5-8,13-20H2,1-4H3,(H2,26,27,28). The Kier molecular flexibility index (Phi) is 8.93. The molecular weight excluding hydrogens is 400 g/mol. The van der Waals surface area contributed by atoms with Crippen LogP contribution in [0.4, 0.5) is 0 Å². The molecule has 0 aromatic heterocycles. The fraction of sp³-hybridized carbons (Fsp3) is 0.680. The van der Waals surface area contributed by atoms with E-state index in [4.69, 9.17) is 4.99 Å². The van der Waals surface area contributed by atoms with Gasteiger partial charge in [0.25, 0.3) is 5.91 Å². The van der Waals surface area contributed by atoms with Crippen LogP contribution in [0.3, 0.4) is 0 Å². The van der Waals surface area contributed by atoms with Gasteiger partial charge in [-0.05, 0) is 83.5 Å². The van der Waals surface area contributed by atoms with Crippen LogP contribution >= 0.6 is 0 Å². The molecule has 2 aliphatic rings. The number of likely N-dealkylation sites (tertiary alicyclic amines) is 2. The lowest BCUT2D eigenvalue weighted by Crippen LogP contribution is -2.62. The number of guanidine groups is 1. The predicted octanol–water partition coefficient (Wildman–Crippen LogP) is 2.39. The highest BCUT2D eigenvalue weighted by Crippen LogP contribution is 2.30. The van der Waals surface area contributed by atoms with Crippen molar-refractivity contribution in [2.75, 3.05) is 60.4 Å². The summed E-state index contributed by atoms with van der Waals surface area (Å²) in [6, 6.07) is 7.76. The monoisotopic (exact) mass is 442 g/mol. The summed E-state index contributed by atoms with van der Waals surface area (Å²) in [5, 5.41) is 7.09. The Morgan fingerprint density at radius 2 is 1.69 bits per heavy atom. The lowest BCUT2D eigenvalue weighted by Gasteiger charge is -2.50. The Balaban J connectivity index is 1.65. The third-order valence-corrected chi connectivity index (χ3v) is 6.90. The number of carbonyl (C=O) groups excluding carboxylic acids is 1. The molecule has 0 saturated carbocycles. The number of amides is 1. The minimum absolute atomic E-state index is 0.0243. The maximum Gasteiger partial charge on any atom is 0.253 e. The number of benzene rings is 1. The molecule has 2 aliphatic heterocycles. The molecule has 1 aromatic rings. The molecule has 0 bridgehead atoms. The van der Waals surface area contributed by atoms with Crippen molar-refractivity contribution in [3.05, 3.63) is 35.4 Å². The molecule has 178 valence electrons. The Labute approximate surface area is 194 Å². The highest BCUT2D eigenvalue weighted by atomic mass is 16.2. The van der Waals surface area contributed by atoms with Crippen molar-refractivity contribution < 1.29 is 4.79 Å². The van der Waals surface area contributed by atoms with E-state index in [1.54, 1.807) is 19.0 Å². The Hall–Kier alpha value is -2.12. The molecule has 0 unspecified atom stereocenters. The van der Waals surface area contributed by atoms with E-state index < -0.39 is 0 Å². The minimum atomic E-state index is 0.0243. The summed E-state index contributed by atoms with van der Waals surface area (Å²) in [4.78, 5) is 23.7. The third kappa shape index (κ3) is 6.45. The molecule has 2 N–H and O–H groups in total. The van der Waals surface area contributed by atoms with Crippen molar-refractivity contribution in [2.24, 2.45) is 4.99 Å². The summed E-state index contributed by atoms with van der Waals surface area (Å²) < 4.78 is 0. The zero-order chi connectivity index (χ0) is 23.0. The van der Waals surface area contributed by atoms with E-state index in [0.717, 1.165) is 37.7 Å². The van der Waals surface area contributed by atoms with Crippen molar-refractivity contribution >= 4 is 11.9 Å². The van der Waals surface area contributed by atoms with Gasteiger partial charge in [0.1, 0.15) is 0 Å². The van der Waals surface area contributed by atoms with Gasteiger partial charge in [0, 0.05) is 38.3 Å². The van der Waals surface area contributed by atoms with Gasteiger partial charge in [-0.25, -0.2) is 4.99 Å². The van der Waals surface area contributed by atoms with Crippen molar-refractivity contribution in [2.45, 2.75) is 51.1 Å². The lowest BCUT2D eigenvalue weighted by molar-refractivity contribution is 0.0173. The van der Waals surface area contributed by atoms with Gasteiger partial charge in [0.15, 0.2) is 5.96 Å². The summed E-state index contributed by atoms with van der Waals surface area (Å²) in [7, 11) is 5.78. The van der Waals surface area contributed by atoms with E-state index in [2.05, 4.69) is 34.4 Å². The summed E-state index contributed by atoms with van der Waals surface area (Å²) in [6.45, 7) is 9.21. The second kappa shape index (κ2) is 11.7. The van der Waals surface area contributed by atoms with Crippen molar-refractivity contribution in [1.82, 2.24) is 25.3 Å². The number of hydrogen-bond donors (Lipinski definition) is 2. The Morgan fingerprint density at radius 3 is 2.28 bits per heavy atom. The van der Waals surface area contributed by atoms with Gasteiger partial charge in [-0.1, -0.05) is 18.6 Å². The maximum atomic E-state index is 12.1. The summed E-state index contributed by atoms with van der Waals surface area (Å²) >= 11 is 0. The average Bonchev–Trinajstić information content (AvgIpc) is 2.82. The average molecular weight is 443 g/mol. The fourth-order valence-electron chi connectivity index (χ4n) is 4.78. The van der Waals surface area contributed by atoms with E-state index >= 15 is 0 Å². The van der Waals surface area contributed by atoms with Gasteiger partial charge in [-0.15, -0.1) is 0 Å². The Bertz CT molecular complexity index is 746. The number of aliphatic imine (C=N–C) groups is 1. The zero-order valence-electron chi connectivity index (χ0n) is 20.5. The van der Waals surface area contributed by atoms with E-state index in [-0.39, 0.29) is 11.4 Å². The van der Waals surface area contributed by atoms with Gasteiger partial charge in [-0.2, -0.15) is 0 Å². The molecule has 2 saturated heterocycles. The van der Waals surface area contributed by atoms with Crippen LogP contribution in [0.25, 0.3) is 0 Å². The van der Waals surface area contributed by atoms with Crippen LogP contribution in [0, 0.1) is 0 Å². The quantitative estimate of drug-likeness (QED) is 0.502. The fourth-order valence-corrected chi connectivity index (χ4v) is 4.78. The second-order valence-corrected chi connectivity index (χ2v) is 9.52. The number of rotatable bonds is 7. The summed E-state index contributed by atoms with van der Waals surface area (Å²) in [6.07, 6.45) is 6.41. The van der Waals surface area contributed by atoms with Crippen LogP contribution in [0.1, 0.15) is 54.9 Å². The smallest absolute Gasteiger partial charge is 0.253 e. The first-order valence-electron chi connectivity index (χ1n) is 12.2. The molecule has 1 aromatic carbocycles. The SMILES string of the molecule is CCNC(=NCc1ccc(C(=O)N(C)C)cc1)NCC1(N2CCCCC2)CCN(C)CC1. The van der Waals surface area contributed by atoms with E-state index in [1.807, 2.05) is 24.3 Å². The molecule has 0 radical (unpaired) electrons. The maximum absolute atomic E-state index is 12.1. The van der Waals surface area contributed by atoms with Gasteiger partial charge in [0.2, 0.25) is 0 Å². The van der Waals surface area contributed by atoms with Crippen LogP contribution in [-0.2, 0) is 6.54 Å².